The largest absolute Gasteiger partial charge is 0.504 e. The third-order valence-electron chi connectivity index (χ3n) is 4.09. The van der Waals surface area contributed by atoms with Gasteiger partial charge in [-0.3, -0.25) is 10.1 Å². The van der Waals surface area contributed by atoms with Crippen LogP contribution in [0.5, 0.6) is 11.5 Å². The van der Waals surface area contributed by atoms with E-state index in [9.17, 15) is 20.3 Å². The Labute approximate surface area is 151 Å². The smallest absolute Gasteiger partial charge is 0.300 e. The van der Waals surface area contributed by atoms with Gasteiger partial charge in [0.05, 0.1) is 10.6 Å². The molecule has 0 amide bonds. The van der Waals surface area contributed by atoms with Gasteiger partial charge in [-0.25, -0.2) is 4.63 Å². The Morgan fingerprint density at radius 3 is 2.44 bits per heavy atom. The van der Waals surface area contributed by atoms with Crippen LogP contribution in [0.2, 0.25) is 0 Å². The summed E-state index contributed by atoms with van der Waals surface area (Å²) in [5.74, 6) is -0.482. The number of nitro benzene ring substituents is 1. The zero-order chi connectivity index (χ0) is 19.0. The Bertz CT molecular complexity index is 1170. The molecule has 4 aromatic rings. The number of nitro groups is 1. The topological polar surface area (TPSA) is 135 Å². The van der Waals surface area contributed by atoms with Crippen molar-refractivity contribution in [2.45, 2.75) is 0 Å². The third-order valence-corrected chi connectivity index (χ3v) is 4.09. The fraction of sp³-hybridized carbons (Fsp3) is 0. The third kappa shape index (κ3) is 2.76. The second-order valence-electron chi connectivity index (χ2n) is 5.69. The SMILES string of the molecule is O=[N+]([O-])c1ccc(Nc2ccccc2-c2cccc(O)c2O)c2nonc12. The van der Waals surface area contributed by atoms with Crippen LogP contribution in [0, 0.1) is 10.1 Å². The lowest BCUT2D eigenvalue weighted by Crippen LogP contribution is -1.96. The van der Waals surface area contributed by atoms with Crippen LogP contribution in [0.4, 0.5) is 17.1 Å². The van der Waals surface area contributed by atoms with Crippen molar-refractivity contribution in [2.75, 3.05) is 5.32 Å². The highest BCUT2D eigenvalue weighted by Crippen LogP contribution is 2.41. The van der Waals surface area contributed by atoms with E-state index in [1.807, 2.05) is 0 Å². The first-order chi connectivity index (χ1) is 13.1. The first-order valence-corrected chi connectivity index (χ1v) is 7.83. The molecule has 9 heteroatoms. The number of para-hydroxylation sites is 2. The van der Waals surface area contributed by atoms with Crippen LogP contribution in [-0.2, 0) is 0 Å². The molecule has 0 fully saturated rings. The maximum absolute atomic E-state index is 11.1. The van der Waals surface area contributed by atoms with Crippen LogP contribution in [0.15, 0.2) is 59.2 Å². The van der Waals surface area contributed by atoms with Crippen LogP contribution in [-0.4, -0.2) is 25.4 Å². The summed E-state index contributed by atoms with van der Waals surface area (Å²) in [6.45, 7) is 0. The predicted octanol–water partition coefficient (Wildman–Crippen LogP) is 3.95. The summed E-state index contributed by atoms with van der Waals surface area (Å²) in [5, 5.41) is 41.6. The fourth-order valence-electron chi connectivity index (χ4n) is 2.82. The summed E-state index contributed by atoms with van der Waals surface area (Å²) in [6, 6.07) is 14.6. The van der Waals surface area contributed by atoms with Gasteiger partial charge < -0.3 is 15.5 Å². The lowest BCUT2D eigenvalue weighted by Gasteiger charge is -2.14. The molecule has 3 N–H and O–H groups in total. The second-order valence-corrected chi connectivity index (χ2v) is 5.69. The summed E-state index contributed by atoms with van der Waals surface area (Å²) >= 11 is 0. The molecule has 0 radical (unpaired) electrons. The molecule has 0 bridgehead atoms. The van der Waals surface area contributed by atoms with Crippen LogP contribution in [0.3, 0.4) is 0 Å². The van der Waals surface area contributed by atoms with Crippen LogP contribution < -0.4 is 5.32 Å². The van der Waals surface area contributed by atoms with Gasteiger partial charge >= 0.3 is 5.69 Å². The van der Waals surface area contributed by atoms with Crippen molar-refractivity contribution in [2.24, 2.45) is 0 Å². The minimum atomic E-state index is -0.560. The highest BCUT2D eigenvalue weighted by Gasteiger charge is 2.20. The van der Waals surface area contributed by atoms with Crippen LogP contribution in [0.1, 0.15) is 0 Å². The number of hydrogen-bond donors (Lipinski definition) is 3. The molecule has 3 aromatic carbocycles. The molecule has 27 heavy (non-hydrogen) atoms. The number of phenolic OH excluding ortho intramolecular Hbond substituents is 2. The van der Waals surface area contributed by atoms with Crippen molar-refractivity contribution in [3.63, 3.8) is 0 Å². The maximum Gasteiger partial charge on any atom is 0.300 e. The molecule has 0 spiro atoms. The van der Waals surface area contributed by atoms with E-state index in [2.05, 4.69) is 20.3 Å². The van der Waals surface area contributed by atoms with E-state index < -0.39 is 4.92 Å². The standard InChI is InChI=1S/C18H12N4O5/c23-15-7-3-5-11(18(15)24)10-4-1-2-6-12(10)19-13-8-9-14(22(25)26)17-16(13)20-27-21-17/h1-9,19,23-24H. The average Bonchev–Trinajstić information content (AvgIpc) is 3.15. The number of phenols is 2. The fourth-order valence-corrected chi connectivity index (χ4v) is 2.82. The Morgan fingerprint density at radius 1 is 0.889 bits per heavy atom. The summed E-state index contributed by atoms with van der Waals surface area (Å²) in [6.07, 6.45) is 0. The van der Waals surface area contributed by atoms with Crippen molar-refractivity contribution in [3.8, 4) is 22.6 Å². The molecular formula is C18H12N4O5. The predicted molar refractivity (Wildman–Crippen MR) is 96.9 cm³/mol. The van der Waals surface area contributed by atoms with Crippen LogP contribution >= 0.6 is 0 Å². The monoisotopic (exact) mass is 364 g/mol. The van der Waals surface area contributed by atoms with Gasteiger partial charge in [0, 0.05) is 22.9 Å². The maximum atomic E-state index is 11.1. The number of anilines is 2. The highest BCUT2D eigenvalue weighted by atomic mass is 16.6. The van der Waals surface area contributed by atoms with E-state index in [1.165, 1.54) is 18.2 Å². The Hall–Kier alpha value is -4.14. The number of rotatable bonds is 4. The van der Waals surface area contributed by atoms with Gasteiger partial charge in [0.15, 0.2) is 17.0 Å². The average molecular weight is 364 g/mol. The molecule has 134 valence electrons. The van der Waals surface area contributed by atoms with Crippen LogP contribution in [0.25, 0.3) is 22.2 Å². The molecule has 0 unspecified atom stereocenters. The van der Waals surface area contributed by atoms with Crippen molar-refractivity contribution in [1.29, 1.82) is 0 Å². The first kappa shape index (κ1) is 16.3. The number of fused-ring (bicyclic) bond motifs is 1. The zero-order valence-corrected chi connectivity index (χ0v) is 13.7. The summed E-state index contributed by atoms with van der Waals surface area (Å²) in [7, 11) is 0. The lowest BCUT2D eigenvalue weighted by molar-refractivity contribution is -0.383. The van der Waals surface area contributed by atoms with Crippen molar-refractivity contribution in [3.05, 3.63) is 64.7 Å². The molecule has 0 saturated carbocycles. The number of nitrogens with zero attached hydrogens (tertiary/aromatic N) is 3. The van der Waals surface area contributed by atoms with Gasteiger partial charge in [0.2, 0.25) is 5.52 Å². The van der Waals surface area contributed by atoms with E-state index in [0.717, 1.165) is 0 Å². The highest BCUT2D eigenvalue weighted by molar-refractivity contribution is 5.96. The number of nitrogens with one attached hydrogen (secondary N) is 1. The van der Waals surface area contributed by atoms with E-state index in [1.54, 1.807) is 36.4 Å². The molecule has 0 atom stereocenters. The van der Waals surface area contributed by atoms with E-state index in [-0.39, 0.29) is 28.2 Å². The van der Waals surface area contributed by atoms with Gasteiger partial charge in [-0.15, -0.1) is 0 Å². The van der Waals surface area contributed by atoms with E-state index in [4.69, 9.17) is 0 Å². The van der Waals surface area contributed by atoms with Crippen molar-refractivity contribution >= 4 is 28.1 Å². The van der Waals surface area contributed by atoms with Gasteiger partial charge in [0.1, 0.15) is 0 Å². The van der Waals surface area contributed by atoms with Crippen molar-refractivity contribution < 1.29 is 19.8 Å². The van der Waals surface area contributed by atoms with Gasteiger partial charge in [0.25, 0.3) is 0 Å². The number of benzene rings is 3. The molecule has 0 aliphatic carbocycles. The Morgan fingerprint density at radius 2 is 1.63 bits per heavy atom. The Balaban J connectivity index is 1.82. The number of aromatic hydroxyl groups is 2. The molecule has 0 saturated heterocycles. The molecular weight excluding hydrogens is 352 g/mol. The lowest BCUT2D eigenvalue weighted by atomic mass is 10.0. The molecule has 0 aliphatic heterocycles. The molecule has 9 nitrogen and oxygen atoms in total. The molecule has 0 aliphatic rings. The van der Waals surface area contributed by atoms with E-state index in [0.29, 0.717) is 22.5 Å². The number of non-ortho nitro benzene ring substituents is 1. The van der Waals surface area contributed by atoms with Gasteiger partial charge in [-0.1, -0.05) is 30.3 Å². The normalized spacial score (nSPS) is 10.8. The quantitative estimate of drug-likeness (QED) is 0.281. The minimum absolute atomic E-state index is 0.0303. The van der Waals surface area contributed by atoms with E-state index >= 15 is 0 Å². The number of hydrogen-bond acceptors (Lipinski definition) is 8. The first-order valence-electron chi connectivity index (χ1n) is 7.83. The van der Waals surface area contributed by atoms with Crippen molar-refractivity contribution in [1.82, 2.24) is 10.3 Å². The van der Waals surface area contributed by atoms with Gasteiger partial charge in [-0.05, 0) is 28.5 Å². The second kappa shape index (κ2) is 6.30. The molecule has 1 heterocycles. The van der Waals surface area contributed by atoms with Gasteiger partial charge in [-0.2, -0.15) is 0 Å². The minimum Gasteiger partial charge on any atom is -0.504 e. The summed E-state index contributed by atoms with van der Waals surface area (Å²) in [4.78, 5) is 10.6. The Kier molecular flexibility index (Phi) is 3.81. The zero-order valence-electron chi connectivity index (χ0n) is 13.7. The summed E-state index contributed by atoms with van der Waals surface area (Å²) < 4.78 is 4.67. The number of aromatic nitrogens is 2. The molecule has 4 rings (SSSR count). The summed E-state index contributed by atoms with van der Waals surface area (Å²) in [5.41, 5.74) is 2.11. The molecule has 1 aromatic heterocycles.